The van der Waals surface area contributed by atoms with Gasteiger partial charge in [-0.3, -0.25) is 4.79 Å². The minimum atomic E-state index is -0.351. The molecule has 0 aromatic heterocycles. The number of amides is 1. The van der Waals surface area contributed by atoms with Gasteiger partial charge < -0.3 is 15.4 Å². The lowest BCUT2D eigenvalue weighted by atomic mass is 10.0. The molecule has 1 heterocycles. The lowest BCUT2D eigenvalue weighted by Gasteiger charge is -2.33. The number of ether oxygens (including phenoxy) is 1. The van der Waals surface area contributed by atoms with Crippen molar-refractivity contribution >= 4 is 5.91 Å². The summed E-state index contributed by atoms with van der Waals surface area (Å²) in [5.74, 6) is 0.539. The molecule has 16 heavy (non-hydrogen) atoms. The van der Waals surface area contributed by atoms with E-state index < -0.39 is 0 Å². The highest BCUT2D eigenvalue weighted by Crippen LogP contribution is 2.14. The average Bonchev–Trinajstić information content (AvgIpc) is 2.27. The monoisotopic (exact) mass is 228 g/mol. The molecule has 4 nitrogen and oxygen atoms in total. The third-order valence-corrected chi connectivity index (χ3v) is 3.07. The van der Waals surface area contributed by atoms with E-state index in [2.05, 4.69) is 13.8 Å². The van der Waals surface area contributed by atoms with Crippen LogP contribution in [0.25, 0.3) is 0 Å². The molecule has 0 spiro atoms. The first kappa shape index (κ1) is 13.5. The van der Waals surface area contributed by atoms with Crippen LogP contribution in [-0.4, -0.2) is 43.2 Å². The molecule has 0 bridgehead atoms. The first-order valence-electron chi connectivity index (χ1n) is 6.11. The topological polar surface area (TPSA) is 55.6 Å². The zero-order valence-corrected chi connectivity index (χ0v) is 10.6. The molecule has 1 aliphatic rings. The molecule has 1 unspecified atom stereocenters. The third kappa shape index (κ3) is 3.76. The molecule has 94 valence electrons. The number of piperidine rings is 1. The van der Waals surface area contributed by atoms with E-state index in [1.807, 2.05) is 4.90 Å². The number of nitrogens with two attached hydrogens (primary N) is 1. The predicted octanol–water partition coefficient (Wildman–Crippen LogP) is 0.997. The van der Waals surface area contributed by atoms with Crippen LogP contribution in [0.2, 0.25) is 0 Å². The van der Waals surface area contributed by atoms with E-state index in [1.165, 1.54) is 0 Å². The predicted molar refractivity (Wildman–Crippen MR) is 64.0 cm³/mol. The smallest absolute Gasteiger partial charge is 0.239 e. The van der Waals surface area contributed by atoms with Crippen LogP contribution in [-0.2, 0) is 9.53 Å². The quantitative estimate of drug-likeness (QED) is 0.781. The standard InChI is InChI=1S/C12H24N2O2/c1-9(2)7-11(13)12(15)14-6-4-5-10(8-14)16-3/h9-11H,4-8,13H2,1-3H3/t10?,11-/m1/s1. The fourth-order valence-electron chi connectivity index (χ4n) is 2.17. The number of nitrogens with zero attached hydrogens (tertiary/aromatic N) is 1. The highest BCUT2D eigenvalue weighted by atomic mass is 16.5. The molecule has 2 N–H and O–H groups in total. The fraction of sp³-hybridized carbons (Fsp3) is 0.917. The molecule has 1 saturated heterocycles. The van der Waals surface area contributed by atoms with Gasteiger partial charge in [0.2, 0.25) is 5.91 Å². The van der Waals surface area contributed by atoms with Crippen LogP contribution in [0.15, 0.2) is 0 Å². The molecular weight excluding hydrogens is 204 g/mol. The number of rotatable bonds is 4. The second-order valence-electron chi connectivity index (χ2n) is 5.02. The maximum Gasteiger partial charge on any atom is 0.239 e. The van der Waals surface area contributed by atoms with Crippen LogP contribution < -0.4 is 5.73 Å². The van der Waals surface area contributed by atoms with Crippen molar-refractivity contribution in [3.63, 3.8) is 0 Å². The highest BCUT2D eigenvalue weighted by Gasteiger charge is 2.27. The first-order chi connectivity index (χ1) is 7.54. The van der Waals surface area contributed by atoms with Crippen molar-refractivity contribution in [1.82, 2.24) is 4.90 Å². The van der Waals surface area contributed by atoms with Crippen molar-refractivity contribution in [3.8, 4) is 0 Å². The van der Waals surface area contributed by atoms with E-state index in [9.17, 15) is 4.79 Å². The summed E-state index contributed by atoms with van der Waals surface area (Å²) in [5.41, 5.74) is 5.90. The van der Waals surface area contributed by atoms with Gasteiger partial charge in [-0.25, -0.2) is 0 Å². The van der Waals surface area contributed by atoms with Crippen LogP contribution in [0, 0.1) is 5.92 Å². The Morgan fingerprint density at radius 1 is 1.56 bits per heavy atom. The fourth-order valence-corrected chi connectivity index (χ4v) is 2.17. The summed E-state index contributed by atoms with van der Waals surface area (Å²) < 4.78 is 5.30. The minimum absolute atomic E-state index is 0.0791. The van der Waals surface area contributed by atoms with Gasteiger partial charge in [0, 0.05) is 20.2 Å². The zero-order chi connectivity index (χ0) is 12.1. The van der Waals surface area contributed by atoms with Crippen molar-refractivity contribution in [2.75, 3.05) is 20.2 Å². The van der Waals surface area contributed by atoms with Crippen molar-refractivity contribution in [3.05, 3.63) is 0 Å². The number of hydrogen-bond acceptors (Lipinski definition) is 3. The second kappa shape index (κ2) is 6.21. The molecule has 1 amide bonds. The Hall–Kier alpha value is -0.610. The van der Waals surface area contributed by atoms with Crippen LogP contribution >= 0.6 is 0 Å². The van der Waals surface area contributed by atoms with Gasteiger partial charge in [-0.2, -0.15) is 0 Å². The summed E-state index contributed by atoms with van der Waals surface area (Å²) >= 11 is 0. The Morgan fingerprint density at radius 2 is 2.25 bits per heavy atom. The Kier molecular flexibility index (Phi) is 5.22. The third-order valence-electron chi connectivity index (χ3n) is 3.07. The summed E-state index contributed by atoms with van der Waals surface area (Å²) in [5, 5.41) is 0. The van der Waals surface area contributed by atoms with Crippen molar-refractivity contribution in [2.45, 2.75) is 45.3 Å². The van der Waals surface area contributed by atoms with E-state index in [0.717, 1.165) is 25.8 Å². The van der Waals surface area contributed by atoms with Gasteiger partial charge in [0.05, 0.1) is 12.1 Å². The van der Waals surface area contributed by atoms with Crippen LogP contribution in [0.3, 0.4) is 0 Å². The summed E-state index contributed by atoms with van der Waals surface area (Å²) in [7, 11) is 1.70. The number of likely N-dealkylation sites (tertiary alicyclic amines) is 1. The molecule has 0 radical (unpaired) electrons. The van der Waals surface area contributed by atoms with Gasteiger partial charge in [-0.1, -0.05) is 13.8 Å². The largest absolute Gasteiger partial charge is 0.380 e. The number of hydrogen-bond donors (Lipinski definition) is 1. The Labute approximate surface area is 98.1 Å². The molecule has 4 heteroatoms. The van der Waals surface area contributed by atoms with Crippen LogP contribution in [0.1, 0.15) is 33.1 Å². The molecular formula is C12H24N2O2. The Balaban J connectivity index is 2.46. The Bertz CT molecular complexity index is 231. The maximum atomic E-state index is 12.0. The zero-order valence-electron chi connectivity index (χ0n) is 10.6. The maximum absolute atomic E-state index is 12.0. The SMILES string of the molecule is COC1CCCN(C(=O)[C@H](N)CC(C)C)C1. The van der Waals surface area contributed by atoms with Gasteiger partial charge >= 0.3 is 0 Å². The molecule has 0 aliphatic carbocycles. The van der Waals surface area contributed by atoms with Gasteiger partial charge in [-0.05, 0) is 25.2 Å². The molecule has 1 rings (SSSR count). The second-order valence-corrected chi connectivity index (χ2v) is 5.02. The molecule has 0 aromatic carbocycles. The summed E-state index contributed by atoms with van der Waals surface area (Å²) in [6.45, 7) is 5.69. The van der Waals surface area contributed by atoms with Crippen LogP contribution in [0.5, 0.6) is 0 Å². The van der Waals surface area contributed by atoms with E-state index in [-0.39, 0.29) is 18.1 Å². The number of carbonyl (C=O) groups is 1. The number of carbonyl (C=O) groups excluding carboxylic acids is 1. The van der Waals surface area contributed by atoms with Gasteiger partial charge in [0.25, 0.3) is 0 Å². The van der Waals surface area contributed by atoms with Gasteiger partial charge in [0.1, 0.15) is 0 Å². The van der Waals surface area contributed by atoms with E-state index in [0.29, 0.717) is 12.5 Å². The highest BCUT2D eigenvalue weighted by molar-refractivity contribution is 5.81. The summed E-state index contributed by atoms with van der Waals surface area (Å²) in [6, 6.07) is -0.351. The summed E-state index contributed by atoms with van der Waals surface area (Å²) in [6.07, 6.45) is 3.00. The average molecular weight is 228 g/mol. The van der Waals surface area contributed by atoms with Gasteiger partial charge in [0.15, 0.2) is 0 Å². The van der Waals surface area contributed by atoms with Crippen molar-refractivity contribution < 1.29 is 9.53 Å². The van der Waals surface area contributed by atoms with Crippen molar-refractivity contribution in [1.29, 1.82) is 0 Å². The van der Waals surface area contributed by atoms with E-state index in [4.69, 9.17) is 10.5 Å². The molecule has 1 fully saturated rings. The lowest BCUT2D eigenvalue weighted by Crippen LogP contribution is -2.50. The van der Waals surface area contributed by atoms with Crippen molar-refractivity contribution in [2.24, 2.45) is 11.7 Å². The van der Waals surface area contributed by atoms with Crippen LogP contribution in [0.4, 0.5) is 0 Å². The van der Waals surface area contributed by atoms with E-state index >= 15 is 0 Å². The lowest BCUT2D eigenvalue weighted by molar-refractivity contribution is -0.136. The Morgan fingerprint density at radius 3 is 2.81 bits per heavy atom. The molecule has 0 saturated carbocycles. The summed E-state index contributed by atoms with van der Waals surface area (Å²) in [4.78, 5) is 13.9. The van der Waals surface area contributed by atoms with E-state index in [1.54, 1.807) is 7.11 Å². The molecule has 2 atom stereocenters. The molecule has 1 aliphatic heterocycles. The minimum Gasteiger partial charge on any atom is -0.380 e. The normalized spacial score (nSPS) is 23.6. The number of methoxy groups -OCH3 is 1. The van der Waals surface area contributed by atoms with Gasteiger partial charge in [-0.15, -0.1) is 0 Å². The first-order valence-corrected chi connectivity index (χ1v) is 6.11. The molecule has 0 aromatic rings.